The van der Waals surface area contributed by atoms with Gasteiger partial charge < -0.3 is 9.84 Å². The average Bonchev–Trinajstić information content (AvgIpc) is 2.74. The summed E-state index contributed by atoms with van der Waals surface area (Å²) in [5, 5.41) is 9.14. The quantitative estimate of drug-likeness (QED) is 0.537. The maximum Gasteiger partial charge on any atom is 0.397 e. The summed E-state index contributed by atoms with van der Waals surface area (Å²) in [5.74, 6) is 0. The Morgan fingerprint density at radius 3 is 2.76 bits per heavy atom. The van der Waals surface area contributed by atoms with Crippen LogP contribution in [0.1, 0.15) is 11.6 Å². The Bertz CT molecular complexity index is 736. The van der Waals surface area contributed by atoms with Gasteiger partial charge in [-0.1, -0.05) is 0 Å². The smallest absolute Gasteiger partial charge is 0.394 e. The van der Waals surface area contributed by atoms with Crippen LogP contribution in [0.25, 0.3) is 0 Å². The minimum Gasteiger partial charge on any atom is -0.394 e. The number of hydrogen-bond donors (Lipinski definition) is 3. The molecule has 0 saturated carbocycles. The van der Waals surface area contributed by atoms with Crippen molar-refractivity contribution in [2.75, 3.05) is 13.2 Å². The topological polar surface area (TPSA) is 148 Å². The number of hydrogen-bond acceptors (Lipinski definition) is 7. The molecule has 21 heavy (non-hydrogen) atoms. The molecule has 0 spiro atoms. The van der Waals surface area contributed by atoms with E-state index in [1.807, 2.05) is 0 Å². The van der Waals surface area contributed by atoms with E-state index in [-0.39, 0.29) is 12.2 Å². The van der Waals surface area contributed by atoms with Crippen molar-refractivity contribution in [1.29, 1.82) is 0 Å². The van der Waals surface area contributed by atoms with E-state index in [1.54, 1.807) is 0 Å². The maximum absolute atomic E-state index is 11.8. The molecule has 1 saturated heterocycles. The van der Waals surface area contributed by atoms with Crippen molar-refractivity contribution < 1.29 is 27.0 Å². The fourth-order valence-electron chi connectivity index (χ4n) is 2.15. The second-order valence-corrected chi connectivity index (χ2v) is 5.64. The van der Waals surface area contributed by atoms with Crippen LogP contribution in [0.5, 0.6) is 0 Å². The van der Waals surface area contributed by atoms with Crippen LogP contribution in [0, 0.1) is 6.92 Å². The van der Waals surface area contributed by atoms with Gasteiger partial charge >= 0.3 is 16.1 Å². The summed E-state index contributed by atoms with van der Waals surface area (Å²) in [4.78, 5) is 25.2. The number of aryl methyl sites for hydroxylation is 1. The lowest BCUT2D eigenvalue weighted by Crippen LogP contribution is -2.41. The molecule has 1 fully saturated rings. The molecule has 1 aromatic rings. The Kier molecular flexibility index (Phi) is 4.30. The van der Waals surface area contributed by atoms with Crippen LogP contribution in [0.3, 0.4) is 0 Å². The van der Waals surface area contributed by atoms with Crippen molar-refractivity contribution in [3.63, 3.8) is 0 Å². The fourth-order valence-corrected chi connectivity index (χ4v) is 2.69. The first kappa shape index (κ1) is 15.9. The van der Waals surface area contributed by atoms with E-state index in [0.29, 0.717) is 0 Å². The number of rotatable bonds is 4. The number of aliphatic hydroxyl groups is 1. The van der Waals surface area contributed by atoms with Gasteiger partial charge in [-0.3, -0.25) is 18.9 Å². The van der Waals surface area contributed by atoms with E-state index < -0.39 is 46.5 Å². The molecule has 1 aromatic heterocycles. The number of ether oxygens (including phenoxy) is 1. The predicted molar refractivity (Wildman–Crippen MR) is 68.3 cm³/mol. The highest BCUT2D eigenvalue weighted by molar-refractivity contribution is 7.80. The Labute approximate surface area is 118 Å². The molecule has 3 atom stereocenters. The van der Waals surface area contributed by atoms with E-state index in [2.05, 4.69) is 9.17 Å². The molecular weight excluding hydrogens is 308 g/mol. The third-order valence-electron chi connectivity index (χ3n) is 3.14. The highest BCUT2D eigenvalue weighted by Crippen LogP contribution is 2.27. The van der Waals surface area contributed by atoms with E-state index in [0.717, 1.165) is 4.57 Å². The minimum atomic E-state index is -4.80. The third-order valence-corrected chi connectivity index (χ3v) is 3.61. The van der Waals surface area contributed by atoms with Crippen LogP contribution in [-0.4, -0.2) is 53.0 Å². The molecule has 0 amide bonds. The molecule has 3 N–H and O–H groups in total. The molecule has 2 rings (SSSR count). The SMILES string of the molecule is Cc1cn([C@@H]2CO[C@H](CO)[C@H]2OS(=O)(=O)O)c(=O)[nH]c1=O. The number of aromatic nitrogens is 2. The van der Waals surface area contributed by atoms with Gasteiger partial charge in [-0.25, -0.2) is 8.98 Å². The zero-order valence-electron chi connectivity index (χ0n) is 10.9. The van der Waals surface area contributed by atoms with Crippen molar-refractivity contribution in [3.05, 3.63) is 32.6 Å². The van der Waals surface area contributed by atoms with Crippen molar-refractivity contribution in [1.82, 2.24) is 9.55 Å². The molecule has 1 aliphatic rings. The predicted octanol–water partition coefficient (Wildman–Crippen LogP) is -2.03. The van der Waals surface area contributed by atoms with Gasteiger partial charge in [0.15, 0.2) is 0 Å². The molecule has 0 aliphatic carbocycles. The van der Waals surface area contributed by atoms with Gasteiger partial charge in [0.2, 0.25) is 0 Å². The van der Waals surface area contributed by atoms with Gasteiger partial charge in [-0.05, 0) is 6.92 Å². The fraction of sp³-hybridized carbons (Fsp3) is 0.600. The van der Waals surface area contributed by atoms with Crippen LogP contribution in [0.4, 0.5) is 0 Å². The number of aliphatic hydroxyl groups excluding tert-OH is 1. The van der Waals surface area contributed by atoms with Gasteiger partial charge in [0.05, 0.1) is 19.3 Å². The lowest BCUT2D eigenvalue weighted by atomic mass is 10.1. The molecular formula is C10H14N2O8S. The lowest BCUT2D eigenvalue weighted by molar-refractivity contribution is 0.0102. The Hall–Kier alpha value is -1.53. The van der Waals surface area contributed by atoms with E-state index in [4.69, 9.17) is 14.4 Å². The maximum atomic E-state index is 11.8. The van der Waals surface area contributed by atoms with Crippen LogP contribution in [0.2, 0.25) is 0 Å². The average molecular weight is 322 g/mol. The highest BCUT2D eigenvalue weighted by Gasteiger charge is 2.42. The summed E-state index contributed by atoms with van der Waals surface area (Å²) in [6.07, 6.45) is -1.10. The monoisotopic (exact) mass is 322 g/mol. The van der Waals surface area contributed by atoms with Crippen molar-refractivity contribution in [2.24, 2.45) is 0 Å². The largest absolute Gasteiger partial charge is 0.397 e. The molecule has 0 radical (unpaired) electrons. The molecule has 1 aliphatic heterocycles. The second kappa shape index (κ2) is 5.69. The number of aromatic amines is 1. The van der Waals surface area contributed by atoms with Crippen LogP contribution in [-0.2, 0) is 19.3 Å². The van der Waals surface area contributed by atoms with Crippen LogP contribution in [0.15, 0.2) is 15.8 Å². The molecule has 10 nitrogen and oxygen atoms in total. The van der Waals surface area contributed by atoms with Crippen LogP contribution < -0.4 is 11.2 Å². The van der Waals surface area contributed by atoms with Gasteiger partial charge in [0.1, 0.15) is 12.2 Å². The minimum absolute atomic E-state index is 0.128. The van der Waals surface area contributed by atoms with E-state index >= 15 is 0 Å². The molecule has 2 heterocycles. The summed E-state index contributed by atoms with van der Waals surface area (Å²) in [6, 6.07) is -0.924. The number of H-pyrrole nitrogens is 1. The number of nitrogens with zero attached hydrogens (tertiary/aromatic N) is 1. The summed E-state index contributed by atoms with van der Waals surface area (Å²) in [6.45, 7) is 0.775. The molecule has 118 valence electrons. The molecule has 0 bridgehead atoms. The van der Waals surface area contributed by atoms with Gasteiger partial charge in [0, 0.05) is 11.8 Å². The Morgan fingerprint density at radius 1 is 1.52 bits per heavy atom. The Morgan fingerprint density at radius 2 is 2.19 bits per heavy atom. The number of nitrogens with one attached hydrogen (secondary N) is 1. The zero-order chi connectivity index (χ0) is 15.8. The first-order valence-corrected chi connectivity index (χ1v) is 7.29. The standard InChI is InChI=1S/C10H14N2O8S/c1-5-2-12(10(15)11-9(5)14)6-4-19-7(3-13)8(6)20-21(16,17)18/h2,6-8,13H,3-4H2,1H3,(H,11,14,15)(H,16,17,18)/t6-,7-,8+/m1/s1. The third kappa shape index (κ3) is 3.39. The van der Waals surface area contributed by atoms with Crippen molar-refractivity contribution >= 4 is 10.4 Å². The summed E-state index contributed by atoms with van der Waals surface area (Å²) < 4.78 is 41.2. The molecule has 0 aromatic carbocycles. The first-order chi connectivity index (χ1) is 9.73. The zero-order valence-corrected chi connectivity index (χ0v) is 11.7. The normalized spacial score (nSPS) is 26.1. The lowest BCUT2D eigenvalue weighted by Gasteiger charge is -2.21. The van der Waals surface area contributed by atoms with Gasteiger partial charge in [-0.2, -0.15) is 8.42 Å². The summed E-state index contributed by atoms with van der Waals surface area (Å²) >= 11 is 0. The molecule has 11 heteroatoms. The first-order valence-electron chi connectivity index (χ1n) is 5.93. The van der Waals surface area contributed by atoms with Gasteiger partial charge in [0.25, 0.3) is 5.56 Å². The van der Waals surface area contributed by atoms with Gasteiger partial charge in [-0.15, -0.1) is 0 Å². The van der Waals surface area contributed by atoms with E-state index in [9.17, 15) is 18.0 Å². The van der Waals surface area contributed by atoms with Crippen molar-refractivity contribution in [2.45, 2.75) is 25.2 Å². The van der Waals surface area contributed by atoms with E-state index in [1.165, 1.54) is 13.1 Å². The second-order valence-electron chi connectivity index (χ2n) is 4.59. The van der Waals surface area contributed by atoms with Crippen molar-refractivity contribution in [3.8, 4) is 0 Å². The molecule has 0 unspecified atom stereocenters. The van der Waals surface area contributed by atoms with Crippen LogP contribution >= 0.6 is 0 Å². The highest BCUT2D eigenvalue weighted by atomic mass is 32.3. The summed E-state index contributed by atoms with van der Waals surface area (Å²) in [7, 11) is -4.80. The summed E-state index contributed by atoms with van der Waals surface area (Å²) in [5.41, 5.74) is -1.12. The Balaban J connectivity index is 2.44.